The molecule has 1 unspecified atom stereocenters. The molecule has 16 nitrogen and oxygen atoms in total. The quantitative estimate of drug-likeness (QED) is 0.105. The first-order valence-electron chi connectivity index (χ1n) is 12.1. The summed E-state index contributed by atoms with van der Waals surface area (Å²) >= 11 is 0. The number of carbonyl (C=O) groups excluding carboxylic acids is 1. The van der Waals surface area contributed by atoms with Gasteiger partial charge in [0.1, 0.15) is 47.4 Å². The summed E-state index contributed by atoms with van der Waals surface area (Å²) in [4.78, 5) is 34.2. The van der Waals surface area contributed by atoms with Gasteiger partial charge in [0, 0.05) is 6.08 Å². The maximum Gasteiger partial charge on any atom is 0.339 e. The van der Waals surface area contributed by atoms with Crippen molar-refractivity contribution in [3.8, 4) is 5.75 Å². The first-order chi connectivity index (χ1) is 20.0. The van der Waals surface area contributed by atoms with Gasteiger partial charge in [0.25, 0.3) is 0 Å². The van der Waals surface area contributed by atoms with Gasteiger partial charge in [-0.1, -0.05) is 12.1 Å². The van der Waals surface area contributed by atoms with Gasteiger partial charge in [-0.05, 0) is 42.0 Å². The highest BCUT2D eigenvalue weighted by Crippen LogP contribution is 2.32. The molecule has 0 amide bonds. The second kappa shape index (κ2) is 11.5. The molecule has 4 atom stereocenters. The van der Waals surface area contributed by atoms with Gasteiger partial charge in [-0.15, -0.1) is 0 Å². The Morgan fingerprint density at radius 3 is 2.50 bits per heavy atom. The van der Waals surface area contributed by atoms with Crippen LogP contribution in [0.2, 0.25) is 0 Å². The molecule has 2 aromatic heterocycles. The third-order valence-corrected chi connectivity index (χ3v) is 7.49. The van der Waals surface area contributed by atoms with Gasteiger partial charge in [0.2, 0.25) is 6.20 Å². The smallest absolute Gasteiger partial charge is 0.339 e. The molecular weight excluding hydrogens is 576 g/mol. The Bertz CT molecular complexity index is 1760. The van der Waals surface area contributed by atoms with Gasteiger partial charge in [0.15, 0.2) is 17.7 Å². The summed E-state index contributed by atoms with van der Waals surface area (Å²) in [6.45, 7) is -0.423. The lowest BCUT2D eigenvalue weighted by atomic mass is 10.1. The molecule has 0 radical (unpaired) electrons. The number of nitrogens with two attached hydrogens (primary N) is 1. The van der Waals surface area contributed by atoms with Crippen LogP contribution in [0.15, 0.2) is 72.3 Å². The summed E-state index contributed by atoms with van der Waals surface area (Å²) < 4.78 is 42.7. The topological polar surface area (TPSA) is 232 Å². The van der Waals surface area contributed by atoms with Gasteiger partial charge in [-0.2, -0.15) is 8.42 Å². The van der Waals surface area contributed by atoms with E-state index < -0.39 is 52.2 Å². The minimum Gasteiger partial charge on any atom is -0.459 e. The van der Waals surface area contributed by atoms with Crippen molar-refractivity contribution in [2.75, 3.05) is 12.3 Å². The Morgan fingerprint density at radius 1 is 1.10 bits per heavy atom. The van der Waals surface area contributed by atoms with Gasteiger partial charge in [-0.3, -0.25) is 14.7 Å². The number of aliphatic hydroxyl groups excluding tert-OH is 2. The van der Waals surface area contributed by atoms with Crippen LogP contribution >= 0.6 is 0 Å². The number of fused-ring (bicyclic) bond motifs is 1. The normalized spacial score (nSPS) is 20.6. The van der Waals surface area contributed by atoms with E-state index >= 15 is 0 Å². The number of aromatic nitrogens is 4. The van der Waals surface area contributed by atoms with Gasteiger partial charge < -0.3 is 29.6 Å². The highest BCUT2D eigenvalue weighted by atomic mass is 32.2. The third kappa shape index (κ3) is 5.88. The number of esters is 1. The van der Waals surface area contributed by atoms with Crippen LogP contribution in [0.4, 0.5) is 5.82 Å². The van der Waals surface area contributed by atoms with E-state index in [0.29, 0.717) is 5.56 Å². The lowest BCUT2D eigenvalue weighted by Crippen LogP contribution is -2.34. The number of nitrogen functional groups attached to an aromatic ring is 1. The Labute approximate surface area is 236 Å². The monoisotopic (exact) mass is 598 g/mol. The SMILES string of the molecule is Nc1ncnc2c1ncn2C1O[C@H](COC(=O)c2ccc(S(=O)(=O)Oc3ccc(/C=C/[N+](=O)[O-])cc3)cc2)[C@@H](O)[C@H]1O. The van der Waals surface area contributed by atoms with Crippen molar-refractivity contribution in [2.24, 2.45) is 0 Å². The second-order valence-electron chi connectivity index (χ2n) is 8.96. The van der Waals surface area contributed by atoms with Crippen molar-refractivity contribution in [3.05, 3.63) is 88.6 Å². The zero-order valence-corrected chi connectivity index (χ0v) is 22.1. The number of benzene rings is 2. The molecule has 0 aliphatic carbocycles. The maximum absolute atomic E-state index is 12.6. The molecule has 218 valence electrons. The third-order valence-electron chi connectivity index (χ3n) is 6.23. The van der Waals surface area contributed by atoms with Gasteiger partial charge >= 0.3 is 16.1 Å². The number of hydrogen-bond acceptors (Lipinski definition) is 14. The van der Waals surface area contributed by atoms with Crippen molar-refractivity contribution < 1.29 is 42.0 Å². The Kier molecular flexibility index (Phi) is 7.81. The molecule has 0 bridgehead atoms. The van der Waals surface area contributed by atoms with Crippen LogP contribution in [0.1, 0.15) is 22.1 Å². The van der Waals surface area contributed by atoms with E-state index in [-0.39, 0.29) is 33.2 Å². The highest BCUT2D eigenvalue weighted by Gasteiger charge is 2.45. The zero-order valence-electron chi connectivity index (χ0n) is 21.3. The second-order valence-corrected chi connectivity index (χ2v) is 10.5. The van der Waals surface area contributed by atoms with Crippen LogP contribution in [0, 0.1) is 10.1 Å². The molecule has 0 saturated carbocycles. The predicted molar refractivity (Wildman–Crippen MR) is 143 cm³/mol. The van der Waals surface area contributed by atoms with Gasteiger partial charge in [0.05, 0.1) is 16.8 Å². The number of anilines is 1. The first kappa shape index (κ1) is 28.6. The van der Waals surface area contributed by atoms with Crippen molar-refractivity contribution >= 4 is 39.1 Å². The van der Waals surface area contributed by atoms with Crippen LogP contribution < -0.4 is 9.92 Å². The largest absolute Gasteiger partial charge is 0.459 e. The van der Waals surface area contributed by atoms with E-state index in [2.05, 4.69) is 15.0 Å². The Balaban J connectivity index is 1.19. The molecule has 4 aromatic rings. The van der Waals surface area contributed by atoms with Crippen LogP contribution in [-0.4, -0.2) is 74.0 Å². The molecule has 5 rings (SSSR count). The summed E-state index contributed by atoms with van der Waals surface area (Å²) in [5.74, 6) is -0.728. The van der Waals surface area contributed by atoms with Crippen molar-refractivity contribution in [1.82, 2.24) is 19.5 Å². The molecule has 1 saturated heterocycles. The molecule has 17 heteroatoms. The number of hydrogen-bond donors (Lipinski definition) is 3. The van der Waals surface area contributed by atoms with Crippen LogP contribution in [0.5, 0.6) is 5.75 Å². The van der Waals surface area contributed by atoms with E-state index in [0.717, 1.165) is 18.3 Å². The van der Waals surface area contributed by atoms with Gasteiger partial charge in [-0.25, -0.2) is 19.7 Å². The molecular formula is C25H22N6O10S. The molecule has 4 N–H and O–H groups in total. The summed E-state index contributed by atoms with van der Waals surface area (Å²) in [7, 11) is -4.26. The van der Waals surface area contributed by atoms with E-state index in [1.165, 1.54) is 59.7 Å². The number of nitrogens with zero attached hydrogens (tertiary/aromatic N) is 5. The van der Waals surface area contributed by atoms with Crippen LogP contribution in [0.25, 0.3) is 17.2 Å². The Hall–Kier alpha value is -4.97. The van der Waals surface area contributed by atoms with E-state index in [9.17, 15) is 33.5 Å². The van der Waals surface area contributed by atoms with Crippen molar-refractivity contribution in [3.63, 3.8) is 0 Å². The summed E-state index contributed by atoms with van der Waals surface area (Å²) in [5, 5.41) is 31.4. The molecule has 1 aliphatic rings. The zero-order chi connectivity index (χ0) is 30.0. The lowest BCUT2D eigenvalue weighted by Gasteiger charge is -2.16. The Morgan fingerprint density at radius 2 is 1.81 bits per heavy atom. The van der Waals surface area contributed by atoms with Crippen molar-refractivity contribution in [2.45, 2.75) is 29.4 Å². The van der Waals surface area contributed by atoms with Crippen LogP contribution in [-0.2, 0) is 19.6 Å². The highest BCUT2D eigenvalue weighted by molar-refractivity contribution is 7.87. The van der Waals surface area contributed by atoms with Crippen molar-refractivity contribution in [1.29, 1.82) is 0 Å². The van der Waals surface area contributed by atoms with E-state index in [1.807, 2.05) is 0 Å². The fourth-order valence-corrected chi connectivity index (χ4v) is 5.04. The number of rotatable bonds is 9. The summed E-state index contributed by atoms with van der Waals surface area (Å²) in [6, 6.07) is 10.3. The number of ether oxygens (including phenoxy) is 2. The van der Waals surface area contributed by atoms with Crippen LogP contribution in [0.3, 0.4) is 0 Å². The predicted octanol–water partition coefficient (Wildman–Crippen LogP) is 0.900. The molecule has 42 heavy (non-hydrogen) atoms. The molecule has 1 fully saturated rings. The number of aliphatic hydroxyl groups is 2. The fraction of sp³-hybridized carbons (Fsp3) is 0.200. The molecule has 0 spiro atoms. The molecule has 1 aliphatic heterocycles. The average molecular weight is 599 g/mol. The summed E-state index contributed by atoms with van der Waals surface area (Å²) in [5.41, 5.74) is 6.82. The minimum absolute atomic E-state index is 0.00763. The lowest BCUT2D eigenvalue weighted by molar-refractivity contribution is -0.400. The standard InChI is InChI=1S/C25H22N6O10S/c26-22-19-23(28-12-27-22)30(13-29-19)24-21(33)20(32)18(40-24)11-39-25(34)15-3-7-17(8-4-15)42(37,38)41-16-5-1-14(2-6-16)9-10-31(35)36/h1-10,12-13,18,20-21,24,32-33H,11H2,(H2,26,27,28)/b10-9+/t18-,20-,21-,24?/m1/s1. The number of carbonyl (C=O) groups is 1. The number of imidazole rings is 1. The summed E-state index contributed by atoms with van der Waals surface area (Å²) in [6.07, 6.45) is -0.476. The average Bonchev–Trinajstić information content (AvgIpc) is 3.52. The molecule has 2 aromatic carbocycles. The fourth-order valence-electron chi connectivity index (χ4n) is 4.11. The minimum atomic E-state index is -4.26. The van der Waals surface area contributed by atoms with E-state index in [1.54, 1.807) is 0 Å². The first-order valence-corrected chi connectivity index (χ1v) is 13.5. The van der Waals surface area contributed by atoms with E-state index in [4.69, 9.17) is 19.4 Å². The maximum atomic E-state index is 12.6. The molecule has 3 heterocycles. The number of nitro groups is 1.